The molecule has 1 aromatic rings. The molecule has 0 bridgehead atoms. The van der Waals surface area contributed by atoms with Gasteiger partial charge in [0.15, 0.2) is 5.78 Å². The van der Waals surface area contributed by atoms with Crippen LogP contribution in [-0.4, -0.2) is 30.9 Å². The van der Waals surface area contributed by atoms with E-state index in [9.17, 15) is 18.8 Å². The van der Waals surface area contributed by atoms with Crippen molar-refractivity contribution in [3.05, 3.63) is 58.2 Å². The summed E-state index contributed by atoms with van der Waals surface area (Å²) in [5.41, 5.74) is 2.31. The second-order valence-corrected chi connectivity index (χ2v) is 8.90. The van der Waals surface area contributed by atoms with Crippen molar-refractivity contribution in [2.45, 2.75) is 58.0 Å². The van der Waals surface area contributed by atoms with Gasteiger partial charge in [-0.2, -0.15) is 0 Å². The number of hydrogen-bond donors (Lipinski definition) is 1. The molecular formula is C25H28FNO5. The van der Waals surface area contributed by atoms with Crippen molar-refractivity contribution in [1.29, 1.82) is 0 Å². The molecule has 4 rings (SSSR count). The number of ether oxygens (including phenoxy) is 2. The first-order valence-corrected chi connectivity index (χ1v) is 11.1. The maximum atomic E-state index is 14.2. The number of Topliss-reactive ketones (excluding diaryl/α,β-unsaturated/α-hetero) is 1. The lowest BCUT2D eigenvalue weighted by Gasteiger charge is -2.38. The van der Waals surface area contributed by atoms with Gasteiger partial charge in [0.1, 0.15) is 17.8 Å². The van der Waals surface area contributed by atoms with Crippen molar-refractivity contribution in [3.63, 3.8) is 0 Å². The van der Waals surface area contributed by atoms with Gasteiger partial charge in [-0.15, -0.1) is 0 Å². The van der Waals surface area contributed by atoms with Gasteiger partial charge in [-0.3, -0.25) is 9.59 Å². The third-order valence-corrected chi connectivity index (χ3v) is 6.72. The smallest absolute Gasteiger partial charge is 0.337 e. The molecule has 3 aliphatic rings. The number of halogens is 1. The summed E-state index contributed by atoms with van der Waals surface area (Å²) in [5.74, 6) is -4.03. The van der Waals surface area contributed by atoms with Crippen molar-refractivity contribution in [2.24, 2.45) is 11.8 Å². The molecule has 1 aromatic carbocycles. The molecule has 32 heavy (non-hydrogen) atoms. The number of benzene rings is 1. The van der Waals surface area contributed by atoms with Crippen molar-refractivity contribution < 1.29 is 28.2 Å². The average molecular weight is 441 g/mol. The summed E-state index contributed by atoms with van der Waals surface area (Å²) >= 11 is 0. The van der Waals surface area contributed by atoms with Crippen molar-refractivity contribution in [3.8, 4) is 0 Å². The lowest BCUT2D eigenvalue weighted by Crippen LogP contribution is -2.43. The maximum absolute atomic E-state index is 14.2. The number of rotatable bonds is 4. The van der Waals surface area contributed by atoms with E-state index in [-0.39, 0.29) is 17.6 Å². The van der Waals surface area contributed by atoms with Crippen LogP contribution in [0.2, 0.25) is 0 Å². The van der Waals surface area contributed by atoms with Crippen LogP contribution in [0.3, 0.4) is 0 Å². The number of methoxy groups -OCH3 is 1. The Bertz CT molecular complexity index is 1020. The quantitative estimate of drug-likeness (QED) is 0.563. The average Bonchev–Trinajstić information content (AvgIpc) is 3.25. The predicted molar refractivity (Wildman–Crippen MR) is 115 cm³/mol. The molecule has 3 atom stereocenters. The Morgan fingerprint density at radius 3 is 2.56 bits per heavy atom. The number of carbonyl (C=O) groups is 3. The van der Waals surface area contributed by atoms with Gasteiger partial charge in [-0.05, 0) is 62.6 Å². The van der Waals surface area contributed by atoms with E-state index in [1.54, 1.807) is 19.1 Å². The van der Waals surface area contributed by atoms with E-state index in [0.717, 1.165) is 25.7 Å². The first-order valence-electron chi connectivity index (χ1n) is 11.1. The standard InChI is InChI=1S/C25H28FNO5/c1-13-11-18-22(23(28)19(13)24(29)31-3)21(15-7-6-8-16(26)12-15)20(14(2)27-18)25(30)32-17-9-4-5-10-17/h6-8,12-13,17,19,21,27H,4-5,9-11H2,1-3H3/t13-,19+,21+/m0/s1. The normalized spacial score (nSPS) is 26.0. The van der Waals surface area contributed by atoms with Gasteiger partial charge in [0.05, 0.1) is 12.7 Å². The van der Waals surface area contributed by atoms with E-state index in [1.807, 2.05) is 6.92 Å². The third-order valence-electron chi connectivity index (χ3n) is 6.72. The van der Waals surface area contributed by atoms with Gasteiger partial charge >= 0.3 is 11.9 Å². The summed E-state index contributed by atoms with van der Waals surface area (Å²) in [7, 11) is 1.25. The van der Waals surface area contributed by atoms with Gasteiger partial charge in [0, 0.05) is 22.9 Å². The number of carbonyl (C=O) groups excluding carboxylic acids is 3. The molecule has 0 saturated heterocycles. The number of dihydropyridines is 1. The minimum Gasteiger partial charge on any atom is -0.468 e. The zero-order valence-corrected chi connectivity index (χ0v) is 18.6. The van der Waals surface area contributed by atoms with E-state index in [2.05, 4.69) is 5.32 Å². The molecule has 1 saturated carbocycles. The van der Waals surface area contributed by atoms with Crippen LogP contribution in [0.5, 0.6) is 0 Å². The van der Waals surface area contributed by atoms with Crippen molar-refractivity contribution >= 4 is 17.7 Å². The Morgan fingerprint density at radius 1 is 1.19 bits per heavy atom. The van der Waals surface area contributed by atoms with Gasteiger partial charge < -0.3 is 14.8 Å². The molecule has 1 fully saturated rings. The van der Waals surface area contributed by atoms with E-state index < -0.39 is 35.4 Å². The molecule has 1 N–H and O–H groups in total. The first-order chi connectivity index (χ1) is 15.3. The monoisotopic (exact) mass is 441 g/mol. The molecule has 0 unspecified atom stereocenters. The highest BCUT2D eigenvalue weighted by molar-refractivity contribution is 6.12. The van der Waals surface area contributed by atoms with E-state index in [0.29, 0.717) is 29.0 Å². The molecular weight excluding hydrogens is 413 g/mol. The molecule has 1 aliphatic heterocycles. The second kappa shape index (κ2) is 8.88. The molecule has 170 valence electrons. The topological polar surface area (TPSA) is 81.7 Å². The maximum Gasteiger partial charge on any atom is 0.337 e. The molecule has 6 nitrogen and oxygen atoms in total. The van der Waals surface area contributed by atoms with Crippen LogP contribution in [0, 0.1) is 17.7 Å². The van der Waals surface area contributed by atoms with Gasteiger partial charge in [0.2, 0.25) is 0 Å². The Balaban J connectivity index is 1.81. The van der Waals surface area contributed by atoms with Crippen LogP contribution in [0.1, 0.15) is 57.4 Å². The summed E-state index contributed by atoms with van der Waals surface area (Å²) < 4.78 is 24.9. The van der Waals surface area contributed by atoms with E-state index >= 15 is 0 Å². The molecule has 0 aromatic heterocycles. The van der Waals surface area contributed by atoms with Crippen LogP contribution in [-0.2, 0) is 23.9 Å². The van der Waals surface area contributed by atoms with E-state index in [4.69, 9.17) is 9.47 Å². The summed E-state index contributed by atoms with van der Waals surface area (Å²) in [5, 5.41) is 3.22. The second-order valence-electron chi connectivity index (χ2n) is 8.90. The summed E-state index contributed by atoms with van der Waals surface area (Å²) in [6.45, 7) is 3.59. The molecule has 7 heteroatoms. The predicted octanol–water partition coefficient (Wildman–Crippen LogP) is 3.92. The van der Waals surface area contributed by atoms with Crippen molar-refractivity contribution in [1.82, 2.24) is 5.32 Å². The fraction of sp³-hybridized carbons (Fsp3) is 0.480. The molecule has 0 amide bonds. The van der Waals surface area contributed by atoms with Crippen LogP contribution < -0.4 is 5.32 Å². The number of ketones is 1. The molecule has 0 spiro atoms. The van der Waals surface area contributed by atoms with Gasteiger partial charge in [-0.1, -0.05) is 19.1 Å². The number of nitrogens with one attached hydrogen (secondary N) is 1. The van der Waals surface area contributed by atoms with Crippen molar-refractivity contribution in [2.75, 3.05) is 7.11 Å². The van der Waals surface area contributed by atoms with E-state index in [1.165, 1.54) is 19.2 Å². The highest BCUT2D eigenvalue weighted by atomic mass is 19.1. The van der Waals surface area contributed by atoms with Crippen LogP contribution in [0.25, 0.3) is 0 Å². The van der Waals surface area contributed by atoms with Crippen LogP contribution in [0.15, 0.2) is 46.8 Å². The SMILES string of the molecule is COC(=O)[C@H]1C(=O)C2=C(C[C@@H]1C)NC(C)=C(C(=O)OC1CCCC1)[C@H]2c1cccc(F)c1. The Labute approximate surface area is 186 Å². The summed E-state index contributed by atoms with van der Waals surface area (Å²) in [4.78, 5) is 39.3. The Kier molecular flexibility index (Phi) is 6.17. The lowest BCUT2D eigenvalue weighted by molar-refractivity contribution is -0.151. The fourth-order valence-electron chi connectivity index (χ4n) is 5.19. The zero-order chi connectivity index (χ0) is 23.0. The number of allylic oxidation sites excluding steroid dienone is 3. The van der Waals surface area contributed by atoms with Crippen LogP contribution >= 0.6 is 0 Å². The largest absolute Gasteiger partial charge is 0.468 e. The van der Waals surface area contributed by atoms with Gasteiger partial charge in [-0.25, -0.2) is 9.18 Å². The highest BCUT2D eigenvalue weighted by Gasteiger charge is 2.47. The molecule has 1 heterocycles. The Morgan fingerprint density at radius 2 is 1.91 bits per heavy atom. The third kappa shape index (κ3) is 3.96. The number of hydrogen-bond acceptors (Lipinski definition) is 6. The summed E-state index contributed by atoms with van der Waals surface area (Å²) in [6.07, 6.45) is 3.92. The number of esters is 2. The fourth-order valence-corrected chi connectivity index (χ4v) is 5.19. The van der Waals surface area contributed by atoms with Crippen LogP contribution in [0.4, 0.5) is 4.39 Å². The zero-order valence-electron chi connectivity index (χ0n) is 18.6. The highest BCUT2D eigenvalue weighted by Crippen LogP contribution is 2.45. The Hall–Kier alpha value is -2.96. The first kappa shape index (κ1) is 22.2. The van der Waals surface area contributed by atoms with Gasteiger partial charge in [0.25, 0.3) is 0 Å². The minimum atomic E-state index is -0.970. The molecule has 2 aliphatic carbocycles. The summed E-state index contributed by atoms with van der Waals surface area (Å²) in [6, 6.07) is 5.89. The minimum absolute atomic E-state index is 0.156. The molecule has 0 radical (unpaired) electrons. The lowest BCUT2D eigenvalue weighted by atomic mass is 9.69.